The number of allylic oxidation sites excluding steroid dienone is 20. The van der Waals surface area contributed by atoms with Crippen molar-refractivity contribution in [2.75, 3.05) is 47.5 Å². The number of quaternary nitrogens is 1. The number of hydrogen-bond acceptors (Lipinski definition) is 7. The molecule has 0 saturated carbocycles. The Balaban J connectivity index is 4.25. The third kappa shape index (κ3) is 59.2. The molecule has 0 aromatic heterocycles. The summed E-state index contributed by atoms with van der Waals surface area (Å²) in [6, 6.07) is 0. The van der Waals surface area contributed by atoms with Gasteiger partial charge in [-0.1, -0.05) is 238 Å². The van der Waals surface area contributed by atoms with Gasteiger partial charge in [0.1, 0.15) is 13.2 Å². The van der Waals surface area contributed by atoms with E-state index in [9.17, 15) is 19.5 Å². The van der Waals surface area contributed by atoms with Crippen LogP contribution in [-0.2, 0) is 33.3 Å². The zero-order chi connectivity index (χ0) is 56.2. The summed E-state index contributed by atoms with van der Waals surface area (Å²) in [4.78, 5) is 37.5. The molecule has 9 nitrogen and oxygen atoms in total. The van der Waals surface area contributed by atoms with Crippen LogP contribution in [0, 0.1) is 0 Å². The van der Waals surface area contributed by atoms with E-state index in [1.807, 2.05) is 21.1 Å². The lowest BCUT2D eigenvalue weighted by atomic mass is 10.0. The number of rotatable bonds is 55. The van der Waals surface area contributed by atoms with E-state index in [-0.39, 0.29) is 38.6 Å². The molecule has 0 radical (unpaired) electrons. The maximum atomic E-state index is 12.9. The van der Waals surface area contributed by atoms with Gasteiger partial charge < -0.3 is 28.5 Å². The average Bonchev–Trinajstić information content (AvgIpc) is 3.40. The highest BCUT2D eigenvalue weighted by Gasteiger charge is 2.25. The van der Waals surface area contributed by atoms with Crippen LogP contribution in [0.1, 0.15) is 232 Å². The number of ether oxygens (including phenoxy) is 4. The second-order valence-corrected chi connectivity index (χ2v) is 21.2. The van der Waals surface area contributed by atoms with Crippen LogP contribution in [0.2, 0.25) is 0 Å². The van der Waals surface area contributed by atoms with Crippen LogP contribution < -0.4 is 0 Å². The normalized spacial score (nSPS) is 13.6. The summed E-state index contributed by atoms with van der Waals surface area (Å²) in [5.41, 5.74) is 0. The van der Waals surface area contributed by atoms with Crippen molar-refractivity contribution < 1.29 is 42.9 Å². The van der Waals surface area contributed by atoms with Crippen LogP contribution in [0.15, 0.2) is 122 Å². The molecule has 0 amide bonds. The minimum absolute atomic E-state index is 0.176. The molecule has 0 aromatic rings. The molecule has 2 atom stereocenters. The third-order valence-electron chi connectivity index (χ3n) is 12.7. The van der Waals surface area contributed by atoms with Crippen molar-refractivity contribution in [2.45, 2.75) is 245 Å². The first-order valence-electron chi connectivity index (χ1n) is 30.7. The van der Waals surface area contributed by atoms with Gasteiger partial charge in [0, 0.05) is 12.8 Å². The minimum Gasteiger partial charge on any atom is -0.477 e. The number of aliphatic carboxylic acids is 1. The van der Waals surface area contributed by atoms with Crippen LogP contribution >= 0.6 is 0 Å². The fourth-order valence-corrected chi connectivity index (χ4v) is 8.07. The van der Waals surface area contributed by atoms with Gasteiger partial charge in [0.2, 0.25) is 0 Å². The third-order valence-corrected chi connectivity index (χ3v) is 12.7. The number of carbonyl (C=O) groups excluding carboxylic acids is 2. The molecule has 0 spiro atoms. The van der Waals surface area contributed by atoms with Crippen molar-refractivity contribution in [2.24, 2.45) is 0 Å². The van der Waals surface area contributed by atoms with Gasteiger partial charge in [-0.05, 0) is 103 Å². The first-order chi connectivity index (χ1) is 37.6. The number of nitrogens with zero attached hydrogens (tertiary/aromatic N) is 1. The topological polar surface area (TPSA) is 108 Å². The predicted octanol–water partition coefficient (Wildman–Crippen LogP) is 18.5. The van der Waals surface area contributed by atoms with Crippen molar-refractivity contribution in [3.63, 3.8) is 0 Å². The standard InChI is InChI=1S/C68H113NO8/c1-6-8-10-12-14-16-18-20-22-24-26-28-30-31-32-33-34-35-37-38-40-42-44-46-48-50-52-54-56-58-65(70)75-62-64(63-76-68(67(72)73)74-61-60-69(3,4)5)77-66(71)59-57-55-53-51-49-47-45-43-41-39-36-29-27-25-23-21-19-17-15-13-11-9-7-2/h8-11,14-17,20-23,26-29,39,41,45,47,64,68H,6-7,12-13,18-19,24-25,30-38,40,42-44,46,48-63H2,1-5H3/p+1/b10-8-,11-9-,16-14-,17-15-,22-20-,23-21-,28-26-,29-27-,41-39-,47-45-. The van der Waals surface area contributed by atoms with E-state index in [1.54, 1.807) is 0 Å². The van der Waals surface area contributed by atoms with Crippen molar-refractivity contribution in [1.29, 1.82) is 0 Å². The second-order valence-electron chi connectivity index (χ2n) is 21.2. The van der Waals surface area contributed by atoms with Crippen molar-refractivity contribution in [1.82, 2.24) is 0 Å². The van der Waals surface area contributed by atoms with Gasteiger partial charge in [0.25, 0.3) is 6.29 Å². The smallest absolute Gasteiger partial charge is 0.361 e. The number of likely N-dealkylation sites (N-methyl/N-ethyl adjacent to an activating group) is 1. The highest BCUT2D eigenvalue weighted by atomic mass is 16.7. The molecule has 0 aliphatic rings. The van der Waals surface area contributed by atoms with Gasteiger partial charge in [0.05, 0.1) is 34.4 Å². The molecule has 0 saturated heterocycles. The maximum absolute atomic E-state index is 12.9. The van der Waals surface area contributed by atoms with Crippen molar-refractivity contribution in [3.8, 4) is 0 Å². The van der Waals surface area contributed by atoms with Crippen molar-refractivity contribution >= 4 is 17.9 Å². The number of carboxylic acids is 1. The Hall–Kier alpha value is -4.31. The quantitative estimate of drug-likeness (QED) is 0.0211. The molecule has 0 aromatic carbocycles. The lowest BCUT2D eigenvalue weighted by Gasteiger charge is -2.25. The molecular weight excluding hydrogens is 959 g/mol. The van der Waals surface area contributed by atoms with E-state index >= 15 is 0 Å². The summed E-state index contributed by atoms with van der Waals surface area (Å²) >= 11 is 0. The summed E-state index contributed by atoms with van der Waals surface area (Å²) < 4.78 is 22.9. The first kappa shape index (κ1) is 72.7. The molecule has 1 N–H and O–H groups in total. The predicted molar refractivity (Wildman–Crippen MR) is 327 cm³/mol. The monoisotopic (exact) mass is 1070 g/mol. The summed E-state index contributed by atoms with van der Waals surface area (Å²) in [5.74, 6) is -2.05. The first-order valence-corrected chi connectivity index (χ1v) is 30.7. The average molecular weight is 1070 g/mol. The van der Waals surface area contributed by atoms with Gasteiger partial charge >= 0.3 is 17.9 Å². The van der Waals surface area contributed by atoms with Crippen LogP contribution in [0.25, 0.3) is 0 Å². The van der Waals surface area contributed by atoms with Gasteiger partial charge in [0.15, 0.2) is 6.10 Å². The number of carboxylic acid groups (broad SMARTS) is 1. The van der Waals surface area contributed by atoms with Crippen LogP contribution in [0.4, 0.5) is 0 Å². The molecule has 0 heterocycles. The minimum atomic E-state index is -1.52. The molecule has 0 fully saturated rings. The van der Waals surface area contributed by atoms with Crippen LogP contribution in [0.5, 0.6) is 0 Å². The van der Waals surface area contributed by atoms with E-state index in [4.69, 9.17) is 18.9 Å². The molecule has 9 heteroatoms. The lowest BCUT2D eigenvalue weighted by molar-refractivity contribution is -0.870. The molecule has 77 heavy (non-hydrogen) atoms. The fraction of sp³-hybridized carbons (Fsp3) is 0.662. The van der Waals surface area contributed by atoms with Crippen molar-refractivity contribution in [3.05, 3.63) is 122 Å². The van der Waals surface area contributed by atoms with Gasteiger partial charge in [-0.15, -0.1) is 0 Å². The fourth-order valence-electron chi connectivity index (χ4n) is 8.07. The number of carbonyl (C=O) groups is 3. The van der Waals surface area contributed by atoms with Gasteiger partial charge in [-0.2, -0.15) is 0 Å². The van der Waals surface area contributed by atoms with E-state index in [2.05, 4.69) is 135 Å². The summed E-state index contributed by atoms with van der Waals surface area (Å²) in [6.07, 6.45) is 78.6. The Kier molecular flexibility index (Phi) is 54.6. The van der Waals surface area contributed by atoms with Gasteiger partial charge in [-0.25, -0.2) is 4.79 Å². The molecule has 0 bridgehead atoms. The molecule has 0 aliphatic heterocycles. The molecule has 0 rings (SSSR count). The maximum Gasteiger partial charge on any atom is 0.361 e. The second kappa shape index (κ2) is 57.9. The van der Waals surface area contributed by atoms with Crippen LogP contribution in [-0.4, -0.2) is 87.4 Å². The lowest BCUT2D eigenvalue weighted by Crippen LogP contribution is -2.40. The zero-order valence-electron chi connectivity index (χ0n) is 49.8. The zero-order valence-corrected chi connectivity index (χ0v) is 49.8. The highest BCUT2D eigenvalue weighted by molar-refractivity contribution is 5.71. The van der Waals surface area contributed by atoms with E-state index in [0.717, 1.165) is 109 Å². The Morgan fingerprint density at radius 1 is 0.390 bits per heavy atom. The van der Waals surface area contributed by atoms with E-state index < -0.39 is 24.3 Å². The Labute approximate surface area is 472 Å². The molecular formula is C68H114NO8+. The molecule has 0 aliphatic carbocycles. The van der Waals surface area contributed by atoms with E-state index in [1.165, 1.54) is 89.9 Å². The Morgan fingerprint density at radius 2 is 0.701 bits per heavy atom. The number of unbranched alkanes of at least 4 members (excludes halogenated alkanes) is 20. The highest BCUT2D eigenvalue weighted by Crippen LogP contribution is 2.16. The summed E-state index contributed by atoms with van der Waals surface area (Å²) in [6.45, 7) is 4.62. The summed E-state index contributed by atoms with van der Waals surface area (Å²) in [5, 5.41) is 9.72. The molecule has 2 unspecified atom stereocenters. The molecule has 438 valence electrons. The van der Waals surface area contributed by atoms with E-state index in [0.29, 0.717) is 17.4 Å². The SMILES string of the molecule is CC/C=C\C/C=C\C/C=C\C/C=C\C/C=C\C/C=C\CCCCCCC(=O)OC(COC(=O)CCCCCCCCCCCCCCCCCC/C=C\C/C=C\C/C=C\C/C=C\CC)COC(OCC[N+](C)(C)C)C(=O)O. The number of esters is 2. The number of hydrogen-bond donors (Lipinski definition) is 1. The van der Waals surface area contributed by atoms with Crippen LogP contribution in [0.3, 0.4) is 0 Å². The van der Waals surface area contributed by atoms with Gasteiger partial charge in [-0.3, -0.25) is 9.59 Å². The Morgan fingerprint density at radius 3 is 1.04 bits per heavy atom. The Bertz CT molecular complexity index is 1670. The summed E-state index contributed by atoms with van der Waals surface area (Å²) in [7, 11) is 5.95. The largest absolute Gasteiger partial charge is 0.477 e.